The molecule has 1 aromatic carbocycles. The molecule has 0 amide bonds. The van der Waals surface area contributed by atoms with Gasteiger partial charge in [-0.3, -0.25) is 0 Å². The Kier molecular flexibility index (Phi) is 5.46. The van der Waals surface area contributed by atoms with E-state index in [0.29, 0.717) is 12.4 Å². The zero-order valence-electron chi connectivity index (χ0n) is 11.3. The molecule has 2 rings (SSSR count). The topological polar surface area (TPSA) is 61.1 Å². The van der Waals surface area contributed by atoms with Gasteiger partial charge >= 0.3 is 0 Å². The van der Waals surface area contributed by atoms with Gasteiger partial charge in [0.2, 0.25) is 0 Å². The molecule has 0 aliphatic heterocycles. The second-order valence-corrected chi connectivity index (χ2v) is 4.23. The van der Waals surface area contributed by atoms with Crippen molar-refractivity contribution < 1.29 is 23.7 Å². The number of aliphatic hydroxyl groups excluding tert-OH is 1. The third-order valence-electron chi connectivity index (χ3n) is 2.64. The predicted molar refractivity (Wildman–Crippen MR) is 72.9 cm³/mol. The van der Waals surface area contributed by atoms with Gasteiger partial charge in [0.1, 0.15) is 36.6 Å². The zero-order chi connectivity index (χ0) is 14.2. The van der Waals surface area contributed by atoms with Gasteiger partial charge in [0.05, 0.1) is 20.0 Å². The summed E-state index contributed by atoms with van der Waals surface area (Å²) in [7, 11) is 1.61. The lowest BCUT2D eigenvalue weighted by Crippen LogP contribution is -2.23. The second-order valence-electron chi connectivity index (χ2n) is 4.23. The average Bonchev–Trinajstić information content (AvgIpc) is 2.99. The lowest BCUT2D eigenvalue weighted by atomic mass is 10.3. The highest BCUT2D eigenvalue weighted by Crippen LogP contribution is 2.17. The second kappa shape index (κ2) is 7.57. The van der Waals surface area contributed by atoms with E-state index in [9.17, 15) is 5.11 Å². The minimum absolute atomic E-state index is 0.171. The zero-order valence-corrected chi connectivity index (χ0v) is 11.3. The monoisotopic (exact) mass is 278 g/mol. The maximum atomic E-state index is 9.73. The molecule has 0 bridgehead atoms. The van der Waals surface area contributed by atoms with Crippen molar-refractivity contribution >= 4 is 0 Å². The fraction of sp³-hybridized carbons (Fsp3) is 0.333. The molecule has 1 N–H and O–H groups in total. The first-order valence-corrected chi connectivity index (χ1v) is 6.33. The highest BCUT2D eigenvalue weighted by atomic mass is 16.5. The molecule has 0 spiro atoms. The summed E-state index contributed by atoms with van der Waals surface area (Å²) in [6.45, 7) is 0.702. The van der Waals surface area contributed by atoms with Gasteiger partial charge in [-0.05, 0) is 36.4 Å². The number of aliphatic hydroxyl groups is 1. The summed E-state index contributed by atoms with van der Waals surface area (Å²) in [5.74, 6) is 2.17. The Labute approximate surface area is 117 Å². The van der Waals surface area contributed by atoms with Crippen LogP contribution in [-0.4, -0.2) is 31.5 Å². The van der Waals surface area contributed by atoms with Crippen molar-refractivity contribution in [3.8, 4) is 11.5 Å². The fourth-order valence-electron chi connectivity index (χ4n) is 1.60. The number of benzene rings is 1. The minimum Gasteiger partial charge on any atom is -0.497 e. The van der Waals surface area contributed by atoms with E-state index in [1.54, 1.807) is 43.7 Å². The molecule has 0 aliphatic carbocycles. The van der Waals surface area contributed by atoms with E-state index in [2.05, 4.69) is 0 Å². The molecule has 2 aromatic rings. The van der Waals surface area contributed by atoms with Gasteiger partial charge in [-0.1, -0.05) is 0 Å². The predicted octanol–water partition coefficient (Wildman–Crippen LogP) is 2.24. The maximum absolute atomic E-state index is 9.73. The summed E-state index contributed by atoms with van der Waals surface area (Å²) in [5.41, 5.74) is 0. The molecule has 1 atom stereocenters. The number of rotatable bonds is 8. The van der Waals surface area contributed by atoms with E-state index in [-0.39, 0.29) is 13.2 Å². The molecular formula is C15H18O5. The van der Waals surface area contributed by atoms with Crippen molar-refractivity contribution in [2.75, 3.05) is 20.3 Å². The highest BCUT2D eigenvalue weighted by molar-refractivity contribution is 5.31. The fourth-order valence-corrected chi connectivity index (χ4v) is 1.60. The Morgan fingerprint density at radius 2 is 1.85 bits per heavy atom. The number of hydrogen-bond donors (Lipinski definition) is 1. The van der Waals surface area contributed by atoms with Crippen LogP contribution in [0, 0.1) is 0 Å². The standard InChI is InChI=1S/C15H18O5/c1-17-13-4-6-14(7-5-13)20-10-12(16)9-18-11-15-3-2-8-19-15/h2-8,12,16H,9-11H2,1H3. The van der Waals surface area contributed by atoms with E-state index in [4.69, 9.17) is 18.6 Å². The first-order valence-electron chi connectivity index (χ1n) is 6.33. The van der Waals surface area contributed by atoms with E-state index in [0.717, 1.165) is 11.5 Å². The van der Waals surface area contributed by atoms with E-state index < -0.39 is 6.10 Å². The van der Waals surface area contributed by atoms with Crippen molar-refractivity contribution in [3.63, 3.8) is 0 Å². The van der Waals surface area contributed by atoms with Gasteiger partial charge in [0.15, 0.2) is 0 Å². The van der Waals surface area contributed by atoms with E-state index >= 15 is 0 Å². The summed E-state index contributed by atoms with van der Waals surface area (Å²) in [6, 6.07) is 10.8. The van der Waals surface area contributed by atoms with Crippen LogP contribution in [0.2, 0.25) is 0 Å². The van der Waals surface area contributed by atoms with Gasteiger partial charge < -0.3 is 23.7 Å². The van der Waals surface area contributed by atoms with Gasteiger partial charge in [0, 0.05) is 0 Å². The molecule has 108 valence electrons. The first kappa shape index (κ1) is 14.4. The maximum Gasteiger partial charge on any atom is 0.129 e. The van der Waals surface area contributed by atoms with Crippen molar-refractivity contribution in [3.05, 3.63) is 48.4 Å². The molecule has 0 aliphatic rings. The molecule has 0 saturated heterocycles. The lowest BCUT2D eigenvalue weighted by Gasteiger charge is -2.12. The van der Waals surface area contributed by atoms with E-state index in [1.165, 1.54) is 0 Å². The minimum atomic E-state index is -0.688. The Hall–Kier alpha value is -1.98. The van der Waals surface area contributed by atoms with Crippen LogP contribution < -0.4 is 9.47 Å². The van der Waals surface area contributed by atoms with Crippen molar-refractivity contribution in [1.82, 2.24) is 0 Å². The van der Waals surface area contributed by atoms with Crippen LogP contribution >= 0.6 is 0 Å². The molecule has 0 radical (unpaired) electrons. The summed E-state index contributed by atoms with van der Waals surface area (Å²) in [6.07, 6.45) is 0.897. The third-order valence-corrected chi connectivity index (χ3v) is 2.64. The first-order chi connectivity index (χ1) is 9.78. The summed E-state index contributed by atoms with van der Waals surface area (Å²) in [4.78, 5) is 0. The van der Waals surface area contributed by atoms with E-state index in [1.807, 2.05) is 6.07 Å². The number of methoxy groups -OCH3 is 1. The van der Waals surface area contributed by atoms with Crippen LogP contribution in [0.1, 0.15) is 5.76 Å². The van der Waals surface area contributed by atoms with Gasteiger partial charge in [-0.15, -0.1) is 0 Å². The highest BCUT2D eigenvalue weighted by Gasteiger charge is 2.06. The number of hydrogen-bond acceptors (Lipinski definition) is 5. The third kappa shape index (κ3) is 4.60. The van der Waals surface area contributed by atoms with Crippen LogP contribution in [0.5, 0.6) is 11.5 Å². The lowest BCUT2D eigenvalue weighted by molar-refractivity contribution is 0.000873. The van der Waals surface area contributed by atoms with Crippen molar-refractivity contribution in [2.24, 2.45) is 0 Å². The average molecular weight is 278 g/mol. The normalized spacial score (nSPS) is 12.1. The smallest absolute Gasteiger partial charge is 0.129 e. The Morgan fingerprint density at radius 1 is 1.10 bits per heavy atom. The van der Waals surface area contributed by atoms with Crippen LogP contribution in [0.3, 0.4) is 0 Å². The SMILES string of the molecule is COc1ccc(OCC(O)COCc2ccco2)cc1. The van der Waals surface area contributed by atoms with Crippen LogP contribution in [0.25, 0.3) is 0 Å². The van der Waals surface area contributed by atoms with Gasteiger partial charge in [0.25, 0.3) is 0 Å². The molecule has 0 saturated carbocycles. The van der Waals surface area contributed by atoms with Crippen LogP contribution in [0.15, 0.2) is 47.1 Å². The molecule has 1 heterocycles. The van der Waals surface area contributed by atoms with Gasteiger partial charge in [-0.2, -0.15) is 0 Å². The molecule has 0 fully saturated rings. The van der Waals surface area contributed by atoms with Crippen LogP contribution in [0.4, 0.5) is 0 Å². The quantitative estimate of drug-likeness (QED) is 0.802. The van der Waals surface area contributed by atoms with Gasteiger partial charge in [-0.25, -0.2) is 0 Å². The summed E-state index contributed by atoms with van der Waals surface area (Å²) < 4.78 is 20.9. The van der Waals surface area contributed by atoms with Crippen molar-refractivity contribution in [1.29, 1.82) is 0 Å². The molecule has 5 heteroatoms. The molecule has 1 unspecified atom stereocenters. The number of ether oxygens (including phenoxy) is 3. The summed E-state index contributed by atoms with van der Waals surface area (Å²) in [5, 5.41) is 9.73. The Bertz CT molecular complexity index is 477. The van der Waals surface area contributed by atoms with Crippen LogP contribution in [-0.2, 0) is 11.3 Å². The Morgan fingerprint density at radius 3 is 2.50 bits per heavy atom. The molecular weight excluding hydrogens is 260 g/mol. The number of furan rings is 1. The molecule has 5 nitrogen and oxygen atoms in total. The molecule has 20 heavy (non-hydrogen) atoms. The largest absolute Gasteiger partial charge is 0.497 e. The van der Waals surface area contributed by atoms with Crippen molar-refractivity contribution in [2.45, 2.75) is 12.7 Å². The Balaban J connectivity index is 1.65. The molecule has 1 aromatic heterocycles. The summed E-state index contributed by atoms with van der Waals surface area (Å²) >= 11 is 0.